The zero-order chi connectivity index (χ0) is 14.2. The molecule has 2 N–H and O–H groups in total. The Morgan fingerprint density at radius 2 is 2.21 bits per heavy atom. The number of rotatable bonds is 3. The molecule has 2 rings (SSSR count). The maximum Gasteiger partial charge on any atom is 0.320 e. The summed E-state index contributed by atoms with van der Waals surface area (Å²) in [5.74, 6) is -0.639. The molecular weight excluding hydrogens is 252 g/mol. The lowest BCUT2D eigenvalue weighted by Crippen LogP contribution is -2.15. The second-order valence-electron chi connectivity index (χ2n) is 4.06. The molecular formula is C10H12N6O3. The van der Waals surface area contributed by atoms with Crippen molar-refractivity contribution in [1.29, 1.82) is 0 Å². The van der Waals surface area contributed by atoms with E-state index in [1.807, 2.05) is 0 Å². The first-order chi connectivity index (χ1) is 8.90. The molecule has 0 saturated heterocycles. The van der Waals surface area contributed by atoms with Gasteiger partial charge in [0.2, 0.25) is 5.69 Å². The van der Waals surface area contributed by atoms with Crippen LogP contribution in [0.25, 0.3) is 0 Å². The van der Waals surface area contributed by atoms with Crippen molar-refractivity contribution in [3.63, 3.8) is 0 Å². The highest BCUT2D eigenvalue weighted by Gasteiger charge is 2.25. The van der Waals surface area contributed by atoms with Crippen molar-refractivity contribution in [3.8, 4) is 0 Å². The largest absolute Gasteiger partial charge is 0.320 e. The van der Waals surface area contributed by atoms with E-state index in [1.54, 1.807) is 13.8 Å². The van der Waals surface area contributed by atoms with Gasteiger partial charge in [0.05, 0.1) is 22.0 Å². The number of carbonyl (C=O) groups is 1. The van der Waals surface area contributed by atoms with Gasteiger partial charge in [-0.05, 0) is 13.8 Å². The number of carbonyl (C=O) groups excluding carboxylic acids is 1. The van der Waals surface area contributed by atoms with Crippen molar-refractivity contribution in [3.05, 3.63) is 33.4 Å². The Balaban J connectivity index is 2.33. The first kappa shape index (κ1) is 12.7. The van der Waals surface area contributed by atoms with Gasteiger partial charge in [-0.15, -0.1) is 0 Å². The number of aromatic amines is 1. The van der Waals surface area contributed by atoms with Crippen LogP contribution in [-0.2, 0) is 7.05 Å². The molecule has 0 saturated carbocycles. The van der Waals surface area contributed by atoms with Gasteiger partial charge in [0.1, 0.15) is 6.20 Å². The number of H-pyrrole nitrogens is 1. The minimum Gasteiger partial charge on any atom is -0.317 e. The van der Waals surface area contributed by atoms with Gasteiger partial charge in [-0.25, -0.2) is 0 Å². The summed E-state index contributed by atoms with van der Waals surface area (Å²) < 4.78 is 1.22. The fourth-order valence-electron chi connectivity index (χ4n) is 1.68. The molecule has 0 aromatic carbocycles. The van der Waals surface area contributed by atoms with E-state index in [0.29, 0.717) is 17.1 Å². The van der Waals surface area contributed by atoms with Crippen LogP contribution < -0.4 is 5.32 Å². The van der Waals surface area contributed by atoms with E-state index in [1.165, 1.54) is 17.9 Å². The molecule has 0 atom stereocenters. The third-order valence-corrected chi connectivity index (χ3v) is 2.59. The van der Waals surface area contributed by atoms with Crippen molar-refractivity contribution < 1.29 is 9.72 Å². The fraction of sp³-hybridized carbons (Fsp3) is 0.300. The monoisotopic (exact) mass is 264 g/mol. The van der Waals surface area contributed by atoms with Crippen LogP contribution >= 0.6 is 0 Å². The summed E-state index contributed by atoms with van der Waals surface area (Å²) in [5.41, 5.74) is 1.21. The average Bonchev–Trinajstić information content (AvgIpc) is 2.87. The highest BCUT2D eigenvalue weighted by atomic mass is 16.6. The van der Waals surface area contributed by atoms with E-state index in [4.69, 9.17) is 0 Å². The molecule has 0 bridgehead atoms. The number of nitrogens with zero attached hydrogens (tertiary/aromatic N) is 4. The number of hydrogen-bond acceptors (Lipinski definition) is 5. The molecule has 9 nitrogen and oxygen atoms in total. The molecule has 9 heteroatoms. The molecule has 0 aliphatic heterocycles. The SMILES string of the molecule is Cc1n[nH]c(C)c1NC(=O)c1nn(C)cc1[N+](=O)[O-]. The number of amides is 1. The van der Waals surface area contributed by atoms with E-state index in [-0.39, 0.29) is 11.4 Å². The predicted octanol–water partition coefficient (Wildman–Crippen LogP) is 0.921. The smallest absolute Gasteiger partial charge is 0.317 e. The molecule has 2 heterocycles. The highest BCUT2D eigenvalue weighted by Crippen LogP contribution is 2.20. The summed E-state index contributed by atoms with van der Waals surface area (Å²) in [4.78, 5) is 22.2. The Kier molecular flexibility index (Phi) is 3.03. The Morgan fingerprint density at radius 3 is 2.74 bits per heavy atom. The van der Waals surface area contributed by atoms with Gasteiger partial charge < -0.3 is 5.32 Å². The number of aromatic nitrogens is 4. The van der Waals surface area contributed by atoms with E-state index in [0.717, 1.165) is 0 Å². The van der Waals surface area contributed by atoms with Crippen molar-refractivity contribution >= 4 is 17.3 Å². The number of hydrogen-bond donors (Lipinski definition) is 2. The Hall–Kier alpha value is -2.71. The van der Waals surface area contributed by atoms with E-state index in [9.17, 15) is 14.9 Å². The molecule has 0 radical (unpaired) electrons. The minimum absolute atomic E-state index is 0.229. The lowest BCUT2D eigenvalue weighted by Gasteiger charge is -2.02. The van der Waals surface area contributed by atoms with Crippen LogP contribution in [0.4, 0.5) is 11.4 Å². The van der Waals surface area contributed by atoms with Gasteiger partial charge >= 0.3 is 5.69 Å². The van der Waals surface area contributed by atoms with Crippen LogP contribution in [-0.4, -0.2) is 30.8 Å². The number of nitro groups is 1. The van der Waals surface area contributed by atoms with Crippen molar-refractivity contribution in [2.75, 3.05) is 5.32 Å². The third kappa shape index (κ3) is 2.30. The fourth-order valence-corrected chi connectivity index (χ4v) is 1.68. The quantitative estimate of drug-likeness (QED) is 0.631. The maximum atomic E-state index is 12.0. The Labute approximate surface area is 107 Å². The third-order valence-electron chi connectivity index (χ3n) is 2.59. The lowest BCUT2D eigenvalue weighted by molar-refractivity contribution is -0.385. The molecule has 0 spiro atoms. The minimum atomic E-state index is -0.642. The van der Waals surface area contributed by atoms with Gasteiger partial charge in [0.25, 0.3) is 5.91 Å². The number of nitrogens with one attached hydrogen (secondary N) is 2. The van der Waals surface area contributed by atoms with Crippen LogP contribution in [0.15, 0.2) is 6.20 Å². The predicted molar refractivity (Wildman–Crippen MR) is 65.9 cm³/mol. The zero-order valence-corrected chi connectivity index (χ0v) is 10.6. The van der Waals surface area contributed by atoms with Gasteiger partial charge in [-0.3, -0.25) is 24.7 Å². The summed E-state index contributed by atoms with van der Waals surface area (Å²) in [6.45, 7) is 3.45. The van der Waals surface area contributed by atoms with Crippen LogP contribution in [0.5, 0.6) is 0 Å². The van der Waals surface area contributed by atoms with Crippen LogP contribution in [0.2, 0.25) is 0 Å². The van der Waals surface area contributed by atoms with E-state index >= 15 is 0 Å². The molecule has 1 amide bonds. The summed E-state index contributed by atoms with van der Waals surface area (Å²) in [5, 5.41) is 23.8. The summed E-state index contributed by atoms with van der Waals surface area (Å²) in [7, 11) is 1.51. The normalized spacial score (nSPS) is 10.5. The highest BCUT2D eigenvalue weighted by molar-refractivity contribution is 6.06. The van der Waals surface area contributed by atoms with Crippen molar-refractivity contribution in [2.45, 2.75) is 13.8 Å². The molecule has 19 heavy (non-hydrogen) atoms. The van der Waals surface area contributed by atoms with E-state index in [2.05, 4.69) is 20.6 Å². The first-order valence-electron chi connectivity index (χ1n) is 5.41. The van der Waals surface area contributed by atoms with Gasteiger partial charge in [0.15, 0.2) is 0 Å². The Bertz CT molecular complexity index is 637. The molecule has 100 valence electrons. The van der Waals surface area contributed by atoms with Crippen LogP contribution in [0, 0.1) is 24.0 Å². The Morgan fingerprint density at radius 1 is 1.53 bits per heavy atom. The zero-order valence-electron chi connectivity index (χ0n) is 10.6. The molecule has 0 aliphatic rings. The summed E-state index contributed by atoms with van der Waals surface area (Å²) >= 11 is 0. The van der Waals surface area contributed by atoms with Gasteiger partial charge in [0, 0.05) is 7.05 Å². The first-order valence-corrected chi connectivity index (χ1v) is 5.41. The standard InChI is InChI=1S/C10H12N6O3/c1-5-8(6(2)13-12-5)11-10(17)9-7(16(18)19)4-15(3)14-9/h4H,1-3H3,(H,11,17)(H,12,13). The maximum absolute atomic E-state index is 12.0. The molecule has 0 fully saturated rings. The van der Waals surface area contributed by atoms with Crippen molar-refractivity contribution in [1.82, 2.24) is 20.0 Å². The molecule has 2 aromatic heterocycles. The number of aryl methyl sites for hydroxylation is 3. The average molecular weight is 264 g/mol. The molecule has 2 aromatic rings. The second kappa shape index (κ2) is 4.52. The van der Waals surface area contributed by atoms with Crippen LogP contribution in [0.1, 0.15) is 21.9 Å². The van der Waals surface area contributed by atoms with E-state index < -0.39 is 10.8 Å². The van der Waals surface area contributed by atoms with Crippen molar-refractivity contribution in [2.24, 2.45) is 7.05 Å². The van der Waals surface area contributed by atoms with Gasteiger partial charge in [-0.2, -0.15) is 10.2 Å². The summed E-state index contributed by atoms with van der Waals surface area (Å²) in [6.07, 6.45) is 1.18. The second-order valence-corrected chi connectivity index (χ2v) is 4.06. The summed E-state index contributed by atoms with van der Waals surface area (Å²) in [6, 6.07) is 0. The molecule has 0 unspecified atom stereocenters. The van der Waals surface area contributed by atoms with Crippen LogP contribution in [0.3, 0.4) is 0 Å². The lowest BCUT2D eigenvalue weighted by atomic mass is 10.3. The number of anilines is 1. The van der Waals surface area contributed by atoms with Gasteiger partial charge in [-0.1, -0.05) is 0 Å². The molecule has 0 aliphatic carbocycles. The topological polar surface area (TPSA) is 119 Å².